The van der Waals surface area contributed by atoms with Gasteiger partial charge in [-0.15, -0.1) is 0 Å². The van der Waals surface area contributed by atoms with E-state index in [1.165, 1.54) is 6.33 Å². The molecule has 3 N–H and O–H groups in total. The monoisotopic (exact) mass is 335 g/mol. The minimum Gasteiger partial charge on any atom is -0.409 e. The van der Waals surface area contributed by atoms with Crippen LogP contribution in [0, 0.1) is 9.49 Å². The summed E-state index contributed by atoms with van der Waals surface area (Å²) in [6.07, 6.45) is 3.25. The highest BCUT2D eigenvalue weighted by atomic mass is 127. The van der Waals surface area contributed by atoms with Gasteiger partial charge in [0.2, 0.25) is 0 Å². The molecule has 0 aliphatic carbocycles. The van der Waals surface area contributed by atoms with Gasteiger partial charge in [-0.25, -0.2) is 9.97 Å². The number of nitrogens with two attached hydrogens (primary N) is 1. The van der Waals surface area contributed by atoms with Crippen LogP contribution in [-0.4, -0.2) is 34.6 Å². The molecule has 1 aromatic rings. The Balaban J connectivity index is 2.73. The molecule has 1 rings (SSSR count). The van der Waals surface area contributed by atoms with Gasteiger partial charge >= 0.3 is 0 Å². The van der Waals surface area contributed by atoms with Crippen molar-refractivity contribution >= 4 is 34.2 Å². The summed E-state index contributed by atoms with van der Waals surface area (Å²) >= 11 is 2.17. The largest absolute Gasteiger partial charge is 0.409 e. The third-order valence-corrected chi connectivity index (χ3v) is 2.94. The van der Waals surface area contributed by atoms with E-state index in [1.54, 1.807) is 6.20 Å². The topological polar surface area (TPSA) is 87.6 Å². The van der Waals surface area contributed by atoms with Crippen LogP contribution in [-0.2, 0) is 0 Å². The van der Waals surface area contributed by atoms with Gasteiger partial charge in [-0.3, -0.25) is 0 Å². The summed E-state index contributed by atoms with van der Waals surface area (Å²) in [4.78, 5) is 10.1. The first kappa shape index (κ1) is 12.9. The zero-order valence-electron chi connectivity index (χ0n) is 9.13. The highest BCUT2D eigenvalue weighted by Gasteiger charge is 2.13. The molecule has 16 heavy (non-hydrogen) atoms. The molecule has 0 fully saturated rings. The molecule has 0 radical (unpaired) electrons. The van der Waals surface area contributed by atoms with Crippen molar-refractivity contribution in [3.8, 4) is 0 Å². The third kappa shape index (κ3) is 3.19. The van der Waals surface area contributed by atoms with Crippen LogP contribution in [0.5, 0.6) is 0 Å². The van der Waals surface area contributed by atoms with E-state index >= 15 is 0 Å². The number of oxime groups is 1. The van der Waals surface area contributed by atoms with Crippen molar-refractivity contribution in [1.82, 2.24) is 9.97 Å². The first-order chi connectivity index (χ1) is 7.56. The molecule has 0 aliphatic rings. The van der Waals surface area contributed by atoms with Gasteiger partial charge in [-0.05, 0) is 22.6 Å². The highest BCUT2D eigenvalue weighted by molar-refractivity contribution is 14.1. The average molecular weight is 335 g/mol. The van der Waals surface area contributed by atoms with Gasteiger partial charge < -0.3 is 15.8 Å². The Morgan fingerprint density at radius 3 is 3.00 bits per heavy atom. The van der Waals surface area contributed by atoms with Gasteiger partial charge in [-0.2, -0.15) is 0 Å². The lowest BCUT2D eigenvalue weighted by molar-refractivity contribution is 0.314. The Bertz CT molecular complexity index is 384. The predicted octanol–water partition coefficient (Wildman–Crippen LogP) is 0.900. The van der Waals surface area contributed by atoms with Crippen molar-refractivity contribution in [2.75, 3.05) is 18.5 Å². The van der Waals surface area contributed by atoms with Crippen molar-refractivity contribution in [2.45, 2.75) is 6.92 Å². The van der Waals surface area contributed by atoms with E-state index in [-0.39, 0.29) is 11.8 Å². The summed E-state index contributed by atoms with van der Waals surface area (Å²) in [6.45, 7) is 2.52. The van der Waals surface area contributed by atoms with E-state index < -0.39 is 0 Å². The number of rotatable bonds is 4. The van der Waals surface area contributed by atoms with E-state index in [2.05, 4.69) is 37.7 Å². The molecule has 1 atom stereocenters. The van der Waals surface area contributed by atoms with Crippen molar-refractivity contribution in [1.29, 1.82) is 0 Å². The highest BCUT2D eigenvalue weighted by Crippen LogP contribution is 2.17. The second kappa shape index (κ2) is 5.83. The Morgan fingerprint density at radius 2 is 2.44 bits per heavy atom. The number of hydrogen-bond donors (Lipinski definition) is 2. The second-order valence-electron chi connectivity index (χ2n) is 3.50. The van der Waals surface area contributed by atoms with E-state index in [0.29, 0.717) is 6.54 Å². The van der Waals surface area contributed by atoms with Gasteiger partial charge in [0.25, 0.3) is 0 Å². The van der Waals surface area contributed by atoms with E-state index in [0.717, 1.165) is 9.39 Å². The smallest absolute Gasteiger partial charge is 0.145 e. The van der Waals surface area contributed by atoms with E-state index in [4.69, 9.17) is 10.9 Å². The fraction of sp³-hybridized carbons (Fsp3) is 0.444. The molecule has 0 aromatic carbocycles. The van der Waals surface area contributed by atoms with Crippen molar-refractivity contribution in [3.63, 3.8) is 0 Å². The quantitative estimate of drug-likeness (QED) is 0.281. The molecule has 7 heteroatoms. The molecule has 1 aromatic heterocycles. The van der Waals surface area contributed by atoms with Gasteiger partial charge in [0, 0.05) is 25.7 Å². The minimum atomic E-state index is -0.0410. The molecule has 0 spiro atoms. The number of aromatic nitrogens is 2. The van der Waals surface area contributed by atoms with Gasteiger partial charge in [0.1, 0.15) is 18.0 Å². The van der Waals surface area contributed by atoms with Gasteiger partial charge in [0.05, 0.1) is 3.57 Å². The van der Waals surface area contributed by atoms with Crippen LogP contribution >= 0.6 is 22.6 Å². The number of nitrogens with zero attached hydrogens (tertiary/aromatic N) is 4. The molecule has 6 nitrogen and oxygen atoms in total. The second-order valence-corrected chi connectivity index (χ2v) is 4.66. The predicted molar refractivity (Wildman–Crippen MR) is 70.6 cm³/mol. The van der Waals surface area contributed by atoms with Crippen LogP contribution in [0.15, 0.2) is 17.7 Å². The normalized spacial score (nSPS) is 13.6. The molecule has 88 valence electrons. The maximum Gasteiger partial charge on any atom is 0.145 e. The number of halogens is 1. The third-order valence-electron chi connectivity index (χ3n) is 2.18. The summed E-state index contributed by atoms with van der Waals surface area (Å²) in [5.74, 6) is 1.02. The number of hydrogen-bond acceptors (Lipinski definition) is 5. The average Bonchev–Trinajstić information content (AvgIpc) is 2.28. The van der Waals surface area contributed by atoms with Crippen LogP contribution in [0.25, 0.3) is 0 Å². The first-order valence-corrected chi connectivity index (χ1v) is 5.78. The summed E-state index contributed by atoms with van der Waals surface area (Å²) in [5.41, 5.74) is 5.52. The molecule has 1 unspecified atom stereocenters. The van der Waals surface area contributed by atoms with Gasteiger partial charge in [0.15, 0.2) is 0 Å². The Kier molecular flexibility index (Phi) is 4.71. The van der Waals surface area contributed by atoms with E-state index in [1.807, 2.05) is 18.9 Å². The summed E-state index contributed by atoms with van der Waals surface area (Å²) < 4.78 is 0.967. The summed E-state index contributed by atoms with van der Waals surface area (Å²) in [7, 11) is 1.91. The fourth-order valence-electron chi connectivity index (χ4n) is 1.28. The molecule has 0 aliphatic heterocycles. The zero-order chi connectivity index (χ0) is 12.1. The van der Waals surface area contributed by atoms with Crippen molar-refractivity contribution in [3.05, 3.63) is 16.1 Å². The van der Waals surface area contributed by atoms with E-state index in [9.17, 15) is 0 Å². The fourth-order valence-corrected chi connectivity index (χ4v) is 1.99. The Labute approximate surface area is 108 Å². The van der Waals surface area contributed by atoms with Crippen LogP contribution in [0.1, 0.15) is 6.92 Å². The molecular weight excluding hydrogens is 321 g/mol. The number of anilines is 1. The van der Waals surface area contributed by atoms with Crippen LogP contribution in [0.2, 0.25) is 0 Å². The maximum atomic E-state index is 8.56. The number of amidine groups is 1. The first-order valence-electron chi connectivity index (χ1n) is 4.70. The summed E-state index contributed by atoms with van der Waals surface area (Å²) in [6, 6.07) is 0. The minimum absolute atomic E-state index is 0.0410. The molecule has 0 saturated carbocycles. The summed E-state index contributed by atoms with van der Waals surface area (Å²) in [5, 5.41) is 11.6. The lowest BCUT2D eigenvalue weighted by atomic mass is 10.1. The molecule has 0 saturated heterocycles. The van der Waals surface area contributed by atoms with Crippen LogP contribution < -0.4 is 10.6 Å². The van der Waals surface area contributed by atoms with Crippen molar-refractivity contribution < 1.29 is 5.21 Å². The zero-order valence-corrected chi connectivity index (χ0v) is 11.3. The van der Waals surface area contributed by atoms with Crippen LogP contribution in [0.3, 0.4) is 0 Å². The molecule has 0 amide bonds. The van der Waals surface area contributed by atoms with Gasteiger partial charge in [-0.1, -0.05) is 12.1 Å². The molecular formula is C9H14IN5O. The lowest BCUT2D eigenvalue weighted by Crippen LogP contribution is -2.33. The SMILES string of the molecule is CC(CN(C)c1ncncc1I)C(N)=NO. The lowest BCUT2D eigenvalue weighted by Gasteiger charge is -2.22. The van der Waals surface area contributed by atoms with Crippen LogP contribution in [0.4, 0.5) is 5.82 Å². The Hall–Kier alpha value is -1.12. The molecule has 0 bridgehead atoms. The molecule has 1 heterocycles. The standard InChI is InChI=1S/C9H14IN5O/c1-6(8(11)14-16)4-15(2)9-7(10)3-12-5-13-9/h3,5-6,16H,4H2,1-2H3,(H2,11,14). The van der Waals surface area contributed by atoms with Crippen molar-refractivity contribution in [2.24, 2.45) is 16.8 Å². The maximum absolute atomic E-state index is 8.56. The Morgan fingerprint density at radius 1 is 1.75 bits per heavy atom.